The maximum absolute atomic E-state index is 11.8. The van der Waals surface area contributed by atoms with E-state index in [0.717, 1.165) is 5.56 Å². The molecule has 0 aromatic heterocycles. The Morgan fingerprint density at radius 3 is 2.45 bits per heavy atom. The predicted octanol–water partition coefficient (Wildman–Crippen LogP) is 2.72. The van der Waals surface area contributed by atoms with Crippen LogP contribution in [0.1, 0.15) is 15.9 Å². The summed E-state index contributed by atoms with van der Waals surface area (Å²) < 4.78 is 0. The van der Waals surface area contributed by atoms with Crippen LogP contribution in [0.5, 0.6) is 5.75 Å². The molecule has 0 radical (unpaired) electrons. The molecule has 5 nitrogen and oxygen atoms in total. The van der Waals surface area contributed by atoms with E-state index < -0.39 is 5.91 Å². The molecule has 0 fully saturated rings. The van der Waals surface area contributed by atoms with Gasteiger partial charge < -0.3 is 15.7 Å². The van der Waals surface area contributed by atoms with Gasteiger partial charge in [-0.15, -0.1) is 0 Å². The minimum Gasteiger partial charge on any atom is -0.506 e. The van der Waals surface area contributed by atoms with Crippen molar-refractivity contribution < 1.29 is 14.7 Å². The van der Waals surface area contributed by atoms with Crippen LogP contribution in [0.3, 0.4) is 0 Å². The molecule has 3 N–H and O–H groups in total. The predicted molar refractivity (Wildman–Crippen MR) is 85.3 cm³/mol. The molecule has 0 unspecified atom stereocenters. The lowest BCUT2D eigenvalue weighted by Crippen LogP contribution is -2.32. The third-order valence-corrected chi connectivity index (χ3v) is 3.20. The molecule has 0 aliphatic heterocycles. The standard InChI is InChI=1S/C16H15ClN2O3/c1-10-2-7-13(14(20)8-10)19-15(21)9-18-16(22)11-3-5-12(17)6-4-11/h2-8,20H,9H2,1H3,(H,18,22)(H,19,21). The number of halogens is 1. The van der Waals surface area contributed by atoms with Gasteiger partial charge in [-0.3, -0.25) is 9.59 Å². The summed E-state index contributed by atoms with van der Waals surface area (Å²) in [6.07, 6.45) is 0. The van der Waals surface area contributed by atoms with Gasteiger partial charge in [0, 0.05) is 10.6 Å². The number of aryl methyl sites for hydroxylation is 1. The number of phenolic OH excluding ortho intramolecular Hbond substituents is 1. The van der Waals surface area contributed by atoms with Gasteiger partial charge in [0.15, 0.2) is 0 Å². The second kappa shape index (κ2) is 6.95. The zero-order valence-electron chi connectivity index (χ0n) is 11.9. The minimum absolute atomic E-state index is 0.0163. The summed E-state index contributed by atoms with van der Waals surface area (Å²) in [5, 5.41) is 15.3. The fourth-order valence-electron chi connectivity index (χ4n) is 1.81. The van der Waals surface area contributed by atoms with Gasteiger partial charge in [0.25, 0.3) is 5.91 Å². The number of benzene rings is 2. The van der Waals surface area contributed by atoms with Crippen LogP contribution < -0.4 is 10.6 Å². The van der Waals surface area contributed by atoms with Crippen molar-refractivity contribution >= 4 is 29.1 Å². The number of hydrogen-bond donors (Lipinski definition) is 3. The average molecular weight is 319 g/mol. The molecule has 0 bridgehead atoms. The zero-order valence-corrected chi connectivity index (χ0v) is 12.6. The third-order valence-electron chi connectivity index (χ3n) is 2.94. The molecule has 6 heteroatoms. The number of aromatic hydroxyl groups is 1. The van der Waals surface area contributed by atoms with E-state index in [9.17, 15) is 14.7 Å². The third kappa shape index (κ3) is 4.23. The summed E-state index contributed by atoms with van der Waals surface area (Å²) in [7, 11) is 0. The highest BCUT2D eigenvalue weighted by molar-refractivity contribution is 6.30. The highest BCUT2D eigenvalue weighted by Crippen LogP contribution is 2.23. The molecule has 2 aromatic rings. The SMILES string of the molecule is Cc1ccc(NC(=O)CNC(=O)c2ccc(Cl)cc2)c(O)c1. The van der Waals surface area contributed by atoms with Crippen molar-refractivity contribution in [1.82, 2.24) is 5.32 Å². The van der Waals surface area contributed by atoms with Crippen molar-refractivity contribution in [3.63, 3.8) is 0 Å². The van der Waals surface area contributed by atoms with E-state index in [4.69, 9.17) is 11.6 Å². The number of amides is 2. The highest BCUT2D eigenvalue weighted by Gasteiger charge is 2.10. The topological polar surface area (TPSA) is 78.4 Å². The molecule has 0 aliphatic rings. The van der Waals surface area contributed by atoms with Gasteiger partial charge in [-0.2, -0.15) is 0 Å². The van der Waals surface area contributed by atoms with Crippen LogP contribution >= 0.6 is 11.6 Å². The van der Waals surface area contributed by atoms with Crippen LogP contribution in [-0.4, -0.2) is 23.5 Å². The zero-order chi connectivity index (χ0) is 16.1. The maximum atomic E-state index is 11.8. The van der Waals surface area contributed by atoms with Crippen molar-refractivity contribution in [1.29, 1.82) is 0 Å². The fraction of sp³-hybridized carbons (Fsp3) is 0.125. The van der Waals surface area contributed by atoms with E-state index in [1.807, 2.05) is 6.92 Å². The van der Waals surface area contributed by atoms with E-state index in [2.05, 4.69) is 10.6 Å². The van der Waals surface area contributed by atoms with Gasteiger partial charge in [0.05, 0.1) is 12.2 Å². The molecule has 0 saturated carbocycles. The second-order valence-electron chi connectivity index (χ2n) is 4.76. The first-order chi connectivity index (χ1) is 10.5. The molecule has 0 heterocycles. The first kappa shape index (κ1) is 15.9. The maximum Gasteiger partial charge on any atom is 0.251 e. The monoisotopic (exact) mass is 318 g/mol. The summed E-state index contributed by atoms with van der Waals surface area (Å²) in [5.41, 5.74) is 1.60. The molecule has 2 amide bonds. The van der Waals surface area contributed by atoms with Crippen LogP contribution in [0.25, 0.3) is 0 Å². The van der Waals surface area contributed by atoms with E-state index >= 15 is 0 Å². The summed E-state index contributed by atoms with van der Waals surface area (Å²) in [6.45, 7) is 1.63. The molecule has 2 aromatic carbocycles. The van der Waals surface area contributed by atoms with Gasteiger partial charge in [-0.05, 0) is 48.9 Å². The molecule has 0 spiro atoms. The number of carbonyl (C=O) groups excluding carboxylic acids is 2. The summed E-state index contributed by atoms with van der Waals surface area (Å²) in [4.78, 5) is 23.6. The Bertz CT molecular complexity index is 699. The van der Waals surface area contributed by atoms with Gasteiger partial charge in [-0.25, -0.2) is 0 Å². The fourth-order valence-corrected chi connectivity index (χ4v) is 1.93. The minimum atomic E-state index is -0.429. The van der Waals surface area contributed by atoms with Crippen molar-refractivity contribution in [2.24, 2.45) is 0 Å². The Morgan fingerprint density at radius 2 is 1.82 bits per heavy atom. The number of anilines is 1. The Hall–Kier alpha value is -2.53. The van der Waals surface area contributed by atoms with Gasteiger partial charge in [0.2, 0.25) is 5.91 Å². The lowest BCUT2D eigenvalue weighted by molar-refractivity contribution is -0.115. The quantitative estimate of drug-likeness (QED) is 0.758. The number of hydrogen-bond acceptors (Lipinski definition) is 3. The van der Waals surface area contributed by atoms with Crippen molar-refractivity contribution in [3.8, 4) is 5.75 Å². The summed E-state index contributed by atoms with van der Waals surface area (Å²) in [6, 6.07) is 11.2. The normalized spacial score (nSPS) is 10.1. The van der Waals surface area contributed by atoms with Crippen LogP contribution in [0.2, 0.25) is 5.02 Å². The lowest BCUT2D eigenvalue weighted by Gasteiger charge is -2.09. The van der Waals surface area contributed by atoms with E-state index in [1.54, 1.807) is 42.5 Å². The largest absolute Gasteiger partial charge is 0.506 e. The lowest BCUT2D eigenvalue weighted by atomic mass is 10.2. The van der Waals surface area contributed by atoms with Crippen LogP contribution in [0.4, 0.5) is 5.69 Å². The highest BCUT2D eigenvalue weighted by atomic mass is 35.5. The van der Waals surface area contributed by atoms with Crippen molar-refractivity contribution in [2.75, 3.05) is 11.9 Å². The number of phenols is 1. The Balaban J connectivity index is 1.89. The Kier molecular flexibility index (Phi) is 5.01. The number of carbonyl (C=O) groups is 2. The molecular weight excluding hydrogens is 304 g/mol. The van der Waals surface area contributed by atoms with Gasteiger partial charge in [-0.1, -0.05) is 17.7 Å². The molecule has 22 heavy (non-hydrogen) atoms. The van der Waals surface area contributed by atoms with Gasteiger partial charge in [0.1, 0.15) is 5.75 Å². The first-order valence-electron chi connectivity index (χ1n) is 6.59. The Labute approximate surface area is 132 Å². The van der Waals surface area contributed by atoms with E-state index in [0.29, 0.717) is 16.3 Å². The number of rotatable bonds is 4. The summed E-state index contributed by atoms with van der Waals surface area (Å²) in [5.74, 6) is -0.821. The summed E-state index contributed by atoms with van der Waals surface area (Å²) >= 11 is 5.74. The van der Waals surface area contributed by atoms with Crippen LogP contribution in [0.15, 0.2) is 42.5 Å². The van der Waals surface area contributed by atoms with Gasteiger partial charge >= 0.3 is 0 Å². The van der Waals surface area contributed by atoms with Crippen LogP contribution in [-0.2, 0) is 4.79 Å². The second-order valence-corrected chi connectivity index (χ2v) is 5.19. The van der Waals surface area contributed by atoms with Crippen LogP contribution in [0, 0.1) is 6.92 Å². The van der Waals surface area contributed by atoms with E-state index in [1.165, 1.54) is 0 Å². The molecular formula is C16H15ClN2O3. The molecule has 0 aliphatic carbocycles. The molecule has 0 saturated heterocycles. The average Bonchev–Trinajstić information content (AvgIpc) is 2.48. The number of nitrogens with one attached hydrogen (secondary N) is 2. The van der Waals surface area contributed by atoms with Crippen molar-refractivity contribution in [2.45, 2.75) is 6.92 Å². The van der Waals surface area contributed by atoms with E-state index in [-0.39, 0.29) is 18.2 Å². The molecule has 114 valence electrons. The molecule has 0 atom stereocenters. The Morgan fingerprint density at radius 1 is 1.14 bits per heavy atom. The first-order valence-corrected chi connectivity index (χ1v) is 6.97. The van der Waals surface area contributed by atoms with Crippen molar-refractivity contribution in [3.05, 3.63) is 58.6 Å². The molecule has 2 rings (SSSR count). The smallest absolute Gasteiger partial charge is 0.251 e.